The normalized spacial score (nSPS) is 19.9. The van der Waals surface area contributed by atoms with Gasteiger partial charge < -0.3 is 10.2 Å². The van der Waals surface area contributed by atoms with Gasteiger partial charge in [-0.1, -0.05) is 38.3 Å². The summed E-state index contributed by atoms with van der Waals surface area (Å²) < 4.78 is 0. The lowest BCUT2D eigenvalue weighted by atomic mass is 10.1. The van der Waals surface area contributed by atoms with Crippen molar-refractivity contribution in [1.82, 2.24) is 10.3 Å². The number of anilines is 1. The number of aromatic nitrogens is 1. The Labute approximate surface area is 134 Å². The van der Waals surface area contributed by atoms with Crippen LogP contribution < -0.4 is 10.2 Å². The number of pyridine rings is 1. The molecular formula is C17H28ClN3. The minimum absolute atomic E-state index is 0.567. The van der Waals surface area contributed by atoms with Gasteiger partial charge in [-0.25, -0.2) is 4.98 Å². The quantitative estimate of drug-likeness (QED) is 0.881. The molecule has 1 saturated heterocycles. The highest BCUT2D eigenvalue weighted by molar-refractivity contribution is 6.31. The molecule has 2 rings (SSSR count). The second-order valence-corrected chi connectivity index (χ2v) is 6.92. The molecule has 0 amide bonds. The number of nitrogens with one attached hydrogen (secondary N) is 1. The van der Waals surface area contributed by atoms with Crippen LogP contribution in [0.5, 0.6) is 0 Å². The third kappa shape index (κ3) is 4.86. The molecule has 1 aromatic heterocycles. The van der Waals surface area contributed by atoms with Crippen molar-refractivity contribution in [2.24, 2.45) is 5.92 Å². The van der Waals surface area contributed by atoms with Crippen LogP contribution in [0.2, 0.25) is 5.02 Å². The Kier molecular flexibility index (Phi) is 6.31. The Bertz CT molecular complexity index is 448. The van der Waals surface area contributed by atoms with Crippen molar-refractivity contribution >= 4 is 17.4 Å². The van der Waals surface area contributed by atoms with Crippen LogP contribution >= 0.6 is 11.6 Å². The van der Waals surface area contributed by atoms with Crippen molar-refractivity contribution in [2.75, 3.05) is 18.0 Å². The molecule has 1 aliphatic heterocycles. The van der Waals surface area contributed by atoms with Crippen molar-refractivity contribution in [1.29, 1.82) is 0 Å². The Morgan fingerprint density at radius 2 is 2.14 bits per heavy atom. The summed E-state index contributed by atoms with van der Waals surface area (Å²) in [4.78, 5) is 7.26. The first-order valence-corrected chi connectivity index (χ1v) is 8.58. The maximum absolute atomic E-state index is 6.30. The fraction of sp³-hybridized carbons (Fsp3) is 0.706. The average Bonchev–Trinajstić information content (AvgIpc) is 2.65. The third-order valence-corrected chi connectivity index (χ3v) is 4.44. The summed E-state index contributed by atoms with van der Waals surface area (Å²) in [5.41, 5.74) is 0.964. The third-order valence-electron chi connectivity index (χ3n) is 4.10. The summed E-state index contributed by atoms with van der Waals surface area (Å²) >= 11 is 6.30. The van der Waals surface area contributed by atoms with Crippen LogP contribution in [-0.2, 0) is 6.54 Å². The van der Waals surface area contributed by atoms with Gasteiger partial charge in [0.1, 0.15) is 5.82 Å². The highest BCUT2D eigenvalue weighted by Gasteiger charge is 2.19. The highest BCUT2D eigenvalue weighted by Crippen LogP contribution is 2.25. The van der Waals surface area contributed by atoms with Crippen LogP contribution in [0.1, 0.15) is 52.1 Å². The van der Waals surface area contributed by atoms with Gasteiger partial charge in [0.25, 0.3) is 0 Å². The maximum Gasteiger partial charge on any atom is 0.129 e. The smallest absolute Gasteiger partial charge is 0.129 e. The fourth-order valence-corrected chi connectivity index (χ4v) is 3.02. The van der Waals surface area contributed by atoms with Gasteiger partial charge in [-0.2, -0.15) is 0 Å². The van der Waals surface area contributed by atoms with E-state index in [1.54, 1.807) is 0 Å². The van der Waals surface area contributed by atoms with E-state index in [-0.39, 0.29) is 0 Å². The number of hydrogen-bond acceptors (Lipinski definition) is 3. The highest BCUT2D eigenvalue weighted by atomic mass is 35.5. The Hall–Kier alpha value is -0.800. The summed E-state index contributed by atoms with van der Waals surface area (Å²) in [6.45, 7) is 9.55. The summed E-state index contributed by atoms with van der Waals surface area (Å²) in [5, 5.41) is 4.19. The minimum atomic E-state index is 0.567. The van der Waals surface area contributed by atoms with Crippen LogP contribution in [-0.4, -0.2) is 24.1 Å². The van der Waals surface area contributed by atoms with E-state index in [1.807, 2.05) is 6.07 Å². The molecule has 118 valence electrons. The predicted molar refractivity (Wildman–Crippen MR) is 91.1 cm³/mol. The molecule has 21 heavy (non-hydrogen) atoms. The number of rotatable bonds is 5. The van der Waals surface area contributed by atoms with Gasteiger partial charge in [-0.05, 0) is 44.4 Å². The summed E-state index contributed by atoms with van der Waals surface area (Å²) in [7, 11) is 0. The Balaban J connectivity index is 2.09. The molecular weight excluding hydrogens is 282 g/mol. The van der Waals surface area contributed by atoms with Gasteiger partial charge in [0, 0.05) is 19.1 Å². The van der Waals surface area contributed by atoms with Gasteiger partial charge in [0.05, 0.1) is 10.7 Å². The molecule has 1 unspecified atom stereocenters. The first-order chi connectivity index (χ1) is 10.1. The fourth-order valence-electron chi connectivity index (χ4n) is 2.85. The zero-order chi connectivity index (χ0) is 15.2. The molecule has 0 bridgehead atoms. The molecule has 4 heteroatoms. The zero-order valence-corrected chi connectivity index (χ0v) is 14.3. The van der Waals surface area contributed by atoms with Crippen LogP contribution in [0.4, 0.5) is 5.82 Å². The van der Waals surface area contributed by atoms with Crippen LogP contribution in [0.3, 0.4) is 0 Å². The lowest BCUT2D eigenvalue weighted by molar-refractivity contribution is 0.547. The standard InChI is InChI=1S/C17H28ClN3/c1-13(2)11-19-12-16-15(18)8-9-17(20-16)21-10-6-4-5-7-14(21)3/h8-9,13-14,19H,4-7,10-12H2,1-3H3. The molecule has 1 atom stereocenters. The zero-order valence-electron chi connectivity index (χ0n) is 13.5. The molecule has 2 heterocycles. The number of nitrogens with zero attached hydrogens (tertiary/aromatic N) is 2. The van der Waals surface area contributed by atoms with Crippen molar-refractivity contribution in [3.8, 4) is 0 Å². The monoisotopic (exact) mass is 309 g/mol. The van der Waals surface area contributed by atoms with E-state index in [0.717, 1.165) is 36.2 Å². The summed E-state index contributed by atoms with van der Waals surface area (Å²) in [6.07, 6.45) is 5.17. The topological polar surface area (TPSA) is 28.2 Å². The average molecular weight is 310 g/mol. The number of hydrogen-bond donors (Lipinski definition) is 1. The van der Waals surface area contributed by atoms with Gasteiger partial charge in [0.2, 0.25) is 0 Å². The molecule has 0 radical (unpaired) electrons. The molecule has 1 N–H and O–H groups in total. The van der Waals surface area contributed by atoms with Crippen LogP contribution in [0, 0.1) is 5.92 Å². The van der Waals surface area contributed by atoms with Gasteiger partial charge in [0.15, 0.2) is 0 Å². The summed E-state index contributed by atoms with van der Waals surface area (Å²) in [6, 6.07) is 4.63. The molecule has 1 fully saturated rings. The Morgan fingerprint density at radius 1 is 1.33 bits per heavy atom. The SMILES string of the molecule is CC(C)CNCc1nc(N2CCCCCC2C)ccc1Cl. The first-order valence-electron chi connectivity index (χ1n) is 8.20. The van der Waals surface area contributed by atoms with E-state index in [4.69, 9.17) is 16.6 Å². The maximum atomic E-state index is 6.30. The largest absolute Gasteiger partial charge is 0.354 e. The van der Waals surface area contributed by atoms with Crippen molar-refractivity contribution < 1.29 is 0 Å². The predicted octanol–water partition coefficient (Wildman–Crippen LogP) is 4.25. The van der Waals surface area contributed by atoms with Crippen molar-refractivity contribution in [3.05, 3.63) is 22.8 Å². The van der Waals surface area contributed by atoms with E-state index < -0.39 is 0 Å². The second-order valence-electron chi connectivity index (χ2n) is 6.51. The van der Waals surface area contributed by atoms with Gasteiger partial charge in [-0.3, -0.25) is 0 Å². The van der Waals surface area contributed by atoms with E-state index >= 15 is 0 Å². The molecule has 0 aliphatic carbocycles. The lowest BCUT2D eigenvalue weighted by Gasteiger charge is -2.28. The van der Waals surface area contributed by atoms with Crippen molar-refractivity contribution in [3.63, 3.8) is 0 Å². The lowest BCUT2D eigenvalue weighted by Crippen LogP contribution is -2.33. The summed E-state index contributed by atoms with van der Waals surface area (Å²) in [5.74, 6) is 1.72. The van der Waals surface area contributed by atoms with E-state index in [0.29, 0.717) is 12.0 Å². The second kappa shape index (κ2) is 8.00. The van der Waals surface area contributed by atoms with Gasteiger partial charge >= 0.3 is 0 Å². The van der Waals surface area contributed by atoms with Crippen molar-refractivity contribution in [2.45, 2.75) is 59.0 Å². The van der Waals surface area contributed by atoms with E-state index in [1.165, 1.54) is 25.7 Å². The molecule has 1 aliphatic rings. The molecule has 0 spiro atoms. The number of halogens is 1. The van der Waals surface area contributed by atoms with Crippen LogP contribution in [0.25, 0.3) is 0 Å². The van der Waals surface area contributed by atoms with Crippen LogP contribution in [0.15, 0.2) is 12.1 Å². The molecule has 0 saturated carbocycles. The Morgan fingerprint density at radius 3 is 2.90 bits per heavy atom. The first kappa shape index (κ1) is 16.6. The molecule has 3 nitrogen and oxygen atoms in total. The van der Waals surface area contributed by atoms with E-state index in [9.17, 15) is 0 Å². The molecule has 1 aromatic rings. The van der Waals surface area contributed by atoms with Gasteiger partial charge in [-0.15, -0.1) is 0 Å². The molecule has 0 aromatic carbocycles. The minimum Gasteiger partial charge on any atom is -0.354 e. The van der Waals surface area contributed by atoms with E-state index in [2.05, 4.69) is 37.1 Å².